The topological polar surface area (TPSA) is 78.4 Å². The molecule has 0 aliphatic rings. The van der Waals surface area contributed by atoms with E-state index in [9.17, 15) is 14.7 Å². The monoisotopic (exact) mass is 380 g/mol. The molecule has 5 nitrogen and oxygen atoms in total. The van der Waals surface area contributed by atoms with Crippen LogP contribution in [0.3, 0.4) is 0 Å². The third kappa shape index (κ3) is 5.11. The van der Waals surface area contributed by atoms with E-state index in [1.165, 1.54) is 18.2 Å². The van der Waals surface area contributed by atoms with Crippen LogP contribution in [0.1, 0.15) is 24.2 Å². The molecule has 2 rings (SSSR count). The largest absolute Gasteiger partial charge is 0.507 e. The molecule has 25 heavy (non-hydrogen) atoms. The van der Waals surface area contributed by atoms with Crippen LogP contribution in [0.2, 0.25) is 10.0 Å². The molecule has 0 fully saturated rings. The molecule has 3 N–H and O–H groups in total. The van der Waals surface area contributed by atoms with Crippen LogP contribution in [0.15, 0.2) is 42.5 Å². The van der Waals surface area contributed by atoms with E-state index >= 15 is 0 Å². The second-order valence-corrected chi connectivity index (χ2v) is 6.73. The van der Waals surface area contributed by atoms with Gasteiger partial charge in [0.25, 0.3) is 5.91 Å². The van der Waals surface area contributed by atoms with Gasteiger partial charge in [0.2, 0.25) is 5.91 Å². The van der Waals surface area contributed by atoms with E-state index in [4.69, 9.17) is 23.2 Å². The van der Waals surface area contributed by atoms with E-state index in [0.717, 1.165) is 0 Å². The van der Waals surface area contributed by atoms with Crippen LogP contribution in [0.4, 0.5) is 5.69 Å². The Morgan fingerprint density at radius 2 is 1.60 bits per heavy atom. The summed E-state index contributed by atoms with van der Waals surface area (Å²) < 4.78 is 0. The highest BCUT2D eigenvalue weighted by Crippen LogP contribution is 2.22. The second-order valence-electron chi connectivity index (χ2n) is 5.85. The standard InChI is InChI=1S/C18H18Cl2N2O3/c1-10(2)16(18(25)21-13-6-3-11(19)4-7-13)22-17(24)14-8-5-12(20)9-15(14)23/h3-10,16,23H,1-2H3,(H,21,25)(H,22,24)/t16-/m0/s1. The Bertz CT molecular complexity index is 776. The minimum atomic E-state index is -0.779. The van der Waals surface area contributed by atoms with Crippen molar-refractivity contribution in [1.29, 1.82) is 0 Å². The Hall–Kier alpha value is -2.24. The first kappa shape index (κ1) is 19.1. The predicted molar refractivity (Wildman–Crippen MR) is 99.3 cm³/mol. The molecule has 7 heteroatoms. The van der Waals surface area contributed by atoms with Gasteiger partial charge in [0.05, 0.1) is 5.56 Å². The number of anilines is 1. The van der Waals surface area contributed by atoms with Gasteiger partial charge in [-0.2, -0.15) is 0 Å². The summed E-state index contributed by atoms with van der Waals surface area (Å²) >= 11 is 11.6. The lowest BCUT2D eigenvalue weighted by Crippen LogP contribution is -2.47. The first-order valence-electron chi connectivity index (χ1n) is 7.63. The summed E-state index contributed by atoms with van der Waals surface area (Å²) in [5, 5.41) is 16.1. The number of nitrogens with one attached hydrogen (secondary N) is 2. The number of hydrogen-bond acceptors (Lipinski definition) is 3. The van der Waals surface area contributed by atoms with Gasteiger partial charge >= 0.3 is 0 Å². The summed E-state index contributed by atoms with van der Waals surface area (Å²) in [6.45, 7) is 3.63. The molecule has 0 aliphatic heterocycles. The number of rotatable bonds is 5. The number of carbonyl (C=O) groups excluding carboxylic acids is 2. The van der Waals surface area contributed by atoms with Crippen LogP contribution in [0.5, 0.6) is 5.75 Å². The van der Waals surface area contributed by atoms with Gasteiger partial charge in [0.15, 0.2) is 0 Å². The Kier molecular flexibility index (Phi) is 6.28. The number of benzene rings is 2. The lowest BCUT2D eigenvalue weighted by molar-refractivity contribution is -0.118. The molecule has 2 aromatic carbocycles. The van der Waals surface area contributed by atoms with Crippen molar-refractivity contribution >= 4 is 40.7 Å². The number of phenolic OH excluding ortho intramolecular Hbond substituents is 1. The molecule has 0 bridgehead atoms. The van der Waals surface area contributed by atoms with E-state index in [1.54, 1.807) is 24.3 Å². The highest BCUT2D eigenvalue weighted by Gasteiger charge is 2.25. The van der Waals surface area contributed by atoms with Crippen molar-refractivity contribution in [3.8, 4) is 5.75 Å². The van der Waals surface area contributed by atoms with Gasteiger partial charge in [0, 0.05) is 15.7 Å². The van der Waals surface area contributed by atoms with Crippen molar-refractivity contribution in [3.05, 3.63) is 58.1 Å². The highest BCUT2D eigenvalue weighted by atomic mass is 35.5. The molecule has 0 saturated heterocycles. The zero-order valence-electron chi connectivity index (χ0n) is 13.7. The van der Waals surface area contributed by atoms with Crippen molar-refractivity contribution in [2.24, 2.45) is 5.92 Å². The summed E-state index contributed by atoms with van der Waals surface area (Å²) in [6.07, 6.45) is 0. The van der Waals surface area contributed by atoms with E-state index in [0.29, 0.717) is 15.7 Å². The minimum Gasteiger partial charge on any atom is -0.507 e. The lowest BCUT2D eigenvalue weighted by Gasteiger charge is -2.22. The summed E-state index contributed by atoms with van der Waals surface area (Å²) in [5.41, 5.74) is 0.623. The quantitative estimate of drug-likeness (QED) is 0.730. The normalized spacial score (nSPS) is 11.9. The molecule has 0 spiro atoms. The molecule has 132 valence electrons. The second kappa shape index (κ2) is 8.23. The number of hydrogen-bond donors (Lipinski definition) is 3. The van der Waals surface area contributed by atoms with Gasteiger partial charge in [0.1, 0.15) is 11.8 Å². The number of aromatic hydroxyl groups is 1. The highest BCUT2D eigenvalue weighted by molar-refractivity contribution is 6.31. The van der Waals surface area contributed by atoms with Crippen molar-refractivity contribution in [2.45, 2.75) is 19.9 Å². The maximum atomic E-state index is 12.5. The molecular formula is C18H18Cl2N2O3. The Morgan fingerprint density at radius 1 is 1.00 bits per heavy atom. The third-order valence-electron chi connectivity index (χ3n) is 3.55. The summed E-state index contributed by atoms with van der Waals surface area (Å²) in [6, 6.07) is 10.1. The van der Waals surface area contributed by atoms with Crippen LogP contribution >= 0.6 is 23.2 Å². The summed E-state index contributed by atoms with van der Waals surface area (Å²) in [7, 11) is 0. The van der Waals surface area contributed by atoms with E-state index in [2.05, 4.69) is 10.6 Å². The van der Waals surface area contributed by atoms with Crippen LogP contribution in [-0.4, -0.2) is 23.0 Å². The Balaban J connectivity index is 2.13. The molecule has 0 unspecified atom stereocenters. The first-order valence-corrected chi connectivity index (χ1v) is 8.39. The first-order chi connectivity index (χ1) is 11.8. The smallest absolute Gasteiger partial charge is 0.255 e. The van der Waals surface area contributed by atoms with Crippen LogP contribution < -0.4 is 10.6 Å². The summed E-state index contributed by atoms with van der Waals surface area (Å²) in [4.78, 5) is 24.9. The SMILES string of the molecule is CC(C)[C@H](NC(=O)c1ccc(Cl)cc1O)C(=O)Nc1ccc(Cl)cc1. The summed E-state index contributed by atoms with van der Waals surface area (Å²) in [5.74, 6) is -1.32. The number of amides is 2. The zero-order chi connectivity index (χ0) is 18.6. The van der Waals surface area contributed by atoms with Gasteiger partial charge < -0.3 is 15.7 Å². The fraction of sp³-hybridized carbons (Fsp3) is 0.222. The molecule has 2 aromatic rings. The molecule has 0 radical (unpaired) electrons. The van der Waals surface area contributed by atoms with Crippen LogP contribution in [-0.2, 0) is 4.79 Å². The molecule has 2 amide bonds. The third-order valence-corrected chi connectivity index (χ3v) is 4.04. The molecule has 0 heterocycles. The number of halogens is 2. The van der Waals surface area contributed by atoms with Crippen molar-refractivity contribution < 1.29 is 14.7 Å². The van der Waals surface area contributed by atoms with Crippen molar-refractivity contribution in [2.75, 3.05) is 5.32 Å². The fourth-order valence-electron chi connectivity index (χ4n) is 2.20. The van der Waals surface area contributed by atoms with Gasteiger partial charge in [-0.3, -0.25) is 9.59 Å². The van der Waals surface area contributed by atoms with Gasteiger partial charge in [-0.05, 0) is 48.4 Å². The maximum absolute atomic E-state index is 12.5. The van der Waals surface area contributed by atoms with Crippen LogP contribution in [0.25, 0.3) is 0 Å². The molecular weight excluding hydrogens is 363 g/mol. The van der Waals surface area contributed by atoms with Gasteiger partial charge in [-0.1, -0.05) is 37.0 Å². The molecule has 0 aliphatic carbocycles. The number of carbonyl (C=O) groups is 2. The molecule has 0 saturated carbocycles. The maximum Gasteiger partial charge on any atom is 0.255 e. The zero-order valence-corrected chi connectivity index (χ0v) is 15.2. The molecule has 0 aromatic heterocycles. The van der Waals surface area contributed by atoms with E-state index < -0.39 is 11.9 Å². The Labute approximate surface area is 156 Å². The van der Waals surface area contributed by atoms with Crippen molar-refractivity contribution in [1.82, 2.24) is 5.32 Å². The number of phenols is 1. The van der Waals surface area contributed by atoms with Gasteiger partial charge in [-0.15, -0.1) is 0 Å². The van der Waals surface area contributed by atoms with Crippen molar-refractivity contribution in [3.63, 3.8) is 0 Å². The molecule has 1 atom stereocenters. The fourth-order valence-corrected chi connectivity index (χ4v) is 2.50. The van der Waals surface area contributed by atoms with Gasteiger partial charge in [-0.25, -0.2) is 0 Å². The minimum absolute atomic E-state index is 0.0503. The van der Waals surface area contributed by atoms with E-state index in [-0.39, 0.29) is 23.1 Å². The lowest BCUT2D eigenvalue weighted by atomic mass is 10.0. The predicted octanol–water partition coefficient (Wildman–Crippen LogP) is 4.09. The average Bonchev–Trinajstić information content (AvgIpc) is 2.54. The van der Waals surface area contributed by atoms with E-state index in [1.807, 2.05) is 13.8 Å². The van der Waals surface area contributed by atoms with Crippen LogP contribution in [0, 0.1) is 5.92 Å². The Morgan fingerprint density at radius 3 is 2.16 bits per heavy atom. The average molecular weight is 381 g/mol.